The second-order valence-corrected chi connectivity index (χ2v) is 7.24. The summed E-state index contributed by atoms with van der Waals surface area (Å²) in [5.41, 5.74) is 10.3. The van der Waals surface area contributed by atoms with Gasteiger partial charge in [-0.25, -0.2) is 0 Å². The zero-order valence-electron chi connectivity index (χ0n) is 11.7. The summed E-state index contributed by atoms with van der Waals surface area (Å²) in [6, 6.07) is 6.58. The Morgan fingerprint density at radius 2 is 1.89 bits per heavy atom. The van der Waals surface area contributed by atoms with Crippen molar-refractivity contribution >= 4 is 38.6 Å². The molecule has 0 saturated heterocycles. The predicted molar refractivity (Wildman–Crippen MR) is 89.1 cm³/mol. The van der Waals surface area contributed by atoms with E-state index >= 15 is 0 Å². The number of nitrogens with two attached hydrogens (primary N) is 1. The van der Waals surface area contributed by atoms with Gasteiger partial charge >= 0.3 is 0 Å². The quantitative estimate of drug-likeness (QED) is 0.755. The largest absolute Gasteiger partial charge is 0.398 e. The van der Waals surface area contributed by atoms with Crippen LogP contribution >= 0.6 is 27.3 Å². The molecular weight excluding hydrogens is 320 g/mol. The summed E-state index contributed by atoms with van der Waals surface area (Å²) in [4.78, 5) is 2.73. The standard InChI is InChI=1S/C15H19BrN2S/c1-8-5-15(13(16)7-14(8)17)18-10(3)12-6-9(2)19-11(12)4/h5-7,10,18H,17H2,1-4H3. The highest BCUT2D eigenvalue weighted by Crippen LogP contribution is 2.33. The smallest absolute Gasteiger partial charge is 0.0497 e. The molecule has 1 aromatic heterocycles. The molecule has 102 valence electrons. The Balaban J connectivity index is 2.26. The summed E-state index contributed by atoms with van der Waals surface area (Å²) in [5.74, 6) is 0. The van der Waals surface area contributed by atoms with Crippen LogP contribution in [0.25, 0.3) is 0 Å². The monoisotopic (exact) mass is 338 g/mol. The number of nitrogens with one attached hydrogen (secondary N) is 1. The molecule has 1 atom stereocenters. The van der Waals surface area contributed by atoms with Gasteiger partial charge in [-0.05, 0) is 73.0 Å². The van der Waals surface area contributed by atoms with Crippen molar-refractivity contribution in [3.05, 3.63) is 43.6 Å². The number of rotatable bonds is 3. The van der Waals surface area contributed by atoms with Crippen LogP contribution in [0, 0.1) is 20.8 Å². The van der Waals surface area contributed by atoms with Crippen LogP contribution < -0.4 is 11.1 Å². The summed E-state index contributed by atoms with van der Waals surface area (Å²) in [5, 5.41) is 3.55. The lowest BCUT2D eigenvalue weighted by molar-refractivity contribution is 0.880. The molecule has 0 saturated carbocycles. The van der Waals surface area contributed by atoms with E-state index in [4.69, 9.17) is 5.73 Å². The average molecular weight is 339 g/mol. The van der Waals surface area contributed by atoms with Gasteiger partial charge in [0.2, 0.25) is 0 Å². The average Bonchev–Trinajstić information content (AvgIpc) is 2.65. The van der Waals surface area contributed by atoms with Crippen LogP contribution in [0.2, 0.25) is 0 Å². The lowest BCUT2D eigenvalue weighted by Crippen LogP contribution is -2.08. The van der Waals surface area contributed by atoms with Crippen molar-refractivity contribution in [1.82, 2.24) is 0 Å². The van der Waals surface area contributed by atoms with Crippen molar-refractivity contribution in [3.63, 3.8) is 0 Å². The Morgan fingerprint density at radius 1 is 1.21 bits per heavy atom. The van der Waals surface area contributed by atoms with Gasteiger partial charge in [0, 0.05) is 31.6 Å². The topological polar surface area (TPSA) is 38.0 Å². The molecule has 2 rings (SSSR count). The van der Waals surface area contributed by atoms with Gasteiger partial charge < -0.3 is 11.1 Å². The second-order valence-electron chi connectivity index (χ2n) is 4.92. The summed E-state index contributed by atoms with van der Waals surface area (Å²) in [6.45, 7) is 8.54. The van der Waals surface area contributed by atoms with E-state index in [1.165, 1.54) is 15.3 Å². The fourth-order valence-corrected chi connectivity index (χ4v) is 3.70. The maximum absolute atomic E-state index is 5.90. The van der Waals surface area contributed by atoms with E-state index in [1.54, 1.807) is 0 Å². The van der Waals surface area contributed by atoms with Crippen LogP contribution in [0.1, 0.15) is 33.8 Å². The number of aryl methyl sites for hydroxylation is 3. The van der Waals surface area contributed by atoms with Crippen molar-refractivity contribution in [2.75, 3.05) is 11.1 Å². The van der Waals surface area contributed by atoms with Crippen LogP contribution in [0.15, 0.2) is 22.7 Å². The molecule has 3 N–H and O–H groups in total. The molecule has 19 heavy (non-hydrogen) atoms. The van der Waals surface area contributed by atoms with Gasteiger partial charge in [-0.1, -0.05) is 0 Å². The first-order valence-electron chi connectivity index (χ1n) is 6.27. The summed E-state index contributed by atoms with van der Waals surface area (Å²) in [6.07, 6.45) is 0. The molecule has 0 amide bonds. The molecule has 0 bridgehead atoms. The molecule has 0 radical (unpaired) electrons. The van der Waals surface area contributed by atoms with Crippen molar-refractivity contribution in [3.8, 4) is 0 Å². The zero-order chi connectivity index (χ0) is 14.2. The molecule has 0 aliphatic rings. The van der Waals surface area contributed by atoms with Crippen molar-refractivity contribution in [2.45, 2.75) is 33.7 Å². The zero-order valence-corrected chi connectivity index (χ0v) is 14.1. The number of benzene rings is 1. The molecule has 0 aliphatic carbocycles. The van der Waals surface area contributed by atoms with Gasteiger partial charge in [-0.15, -0.1) is 11.3 Å². The van der Waals surface area contributed by atoms with Crippen LogP contribution in [0.5, 0.6) is 0 Å². The highest BCUT2D eigenvalue weighted by molar-refractivity contribution is 9.10. The van der Waals surface area contributed by atoms with E-state index in [1.807, 2.05) is 24.3 Å². The van der Waals surface area contributed by atoms with Crippen molar-refractivity contribution < 1.29 is 0 Å². The lowest BCUT2D eigenvalue weighted by atomic mass is 10.1. The van der Waals surface area contributed by atoms with E-state index in [9.17, 15) is 0 Å². The number of anilines is 2. The van der Waals surface area contributed by atoms with Crippen LogP contribution in [0.4, 0.5) is 11.4 Å². The predicted octanol–water partition coefficient (Wildman–Crippen LogP) is 5.19. The highest BCUT2D eigenvalue weighted by Gasteiger charge is 2.13. The Bertz CT molecular complexity index is 604. The number of thiophene rings is 1. The fraction of sp³-hybridized carbons (Fsp3) is 0.333. The molecular formula is C15H19BrN2S. The Kier molecular flexibility index (Phi) is 4.21. The van der Waals surface area contributed by atoms with Gasteiger partial charge in [0.15, 0.2) is 0 Å². The summed E-state index contributed by atoms with van der Waals surface area (Å²) >= 11 is 5.41. The first-order valence-corrected chi connectivity index (χ1v) is 7.88. The van der Waals surface area contributed by atoms with Crippen LogP contribution in [0.3, 0.4) is 0 Å². The van der Waals surface area contributed by atoms with E-state index < -0.39 is 0 Å². The minimum Gasteiger partial charge on any atom is -0.398 e. The third-order valence-corrected chi connectivity index (χ3v) is 4.91. The second kappa shape index (κ2) is 5.55. The maximum Gasteiger partial charge on any atom is 0.0497 e. The lowest BCUT2D eigenvalue weighted by Gasteiger charge is -2.18. The minimum absolute atomic E-state index is 0.282. The summed E-state index contributed by atoms with van der Waals surface area (Å²) < 4.78 is 1.01. The Labute approximate surface area is 127 Å². The number of nitrogen functional groups attached to an aromatic ring is 1. The molecule has 1 aromatic carbocycles. The first-order chi connectivity index (χ1) is 8.88. The SMILES string of the molecule is Cc1cc(C(C)Nc2cc(C)c(N)cc2Br)c(C)s1. The molecule has 0 spiro atoms. The van der Waals surface area contributed by atoms with Gasteiger partial charge in [0.1, 0.15) is 0 Å². The van der Waals surface area contributed by atoms with Crippen molar-refractivity contribution in [1.29, 1.82) is 0 Å². The molecule has 2 nitrogen and oxygen atoms in total. The first kappa shape index (κ1) is 14.4. The molecule has 0 fully saturated rings. The van der Waals surface area contributed by atoms with E-state index in [-0.39, 0.29) is 6.04 Å². The van der Waals surface area contributed by atoms with Gasteiger partial charge in [-0.3, -0.25) is 0 Å². The third-order valence-electron chi connectivity index (χ3n) is 3.27. The van der Waals surface area contributed by atoms with Gasteiger partial charge in [0.05, 0.1) is 0 Å². The maximum atomic E-state index is 5.90. The highest BCUT2D eigenvalue weighted by atomic mass is 79.9. The fourth-order valence-electron chi connectivity index (χ4n) is 2.20. The van der Waals surface area contributed by atoms with Crippen LogP contribution in [-0.2, 0) is 0 Å². The molecule has 0 aliphatic heterocycles. The molecule has 2 aromatic rings. The molecule has 1 heterocycles. The van der Waals surface area contributed by atoms with Gasteiger partial charge in [0.25, 0.3) is 0 Å². The Hall–Kier alpha value is -1.000. The number of halogens is 1. The van der Waals surface area contributed by atoms with Gasteiger partial charge in [-0.2, -0.15) is 0 Å². The normalized spacial score (nSPS) is 12.5. The van der Waals surface area contributed by atoms with Crippen molar-refractivity contribution in [2.24, 2.45) is 0 Å². The summed E-state index contributed by atoms with van der Waals surface area (Å²) in [7, 11) is 0. The Morgan fingerprint density at radius 3 is 2.47 bits per heavy atom. The van der Waals surface area contributed by atoms with E-state index in [0.717, 1.165) is 21.4 Å². The van der Waals surface area contributed by atoms with Crippen LogP contribution in [-0.4, -0.2) is 0 Å². The minimum atomic E-state index is 0.282. The van der Waals surface area contributed by atoms with E-state index in [2.05, 4.69) is 54.2 Å². The third kappa shape index (κ3) is 3.12. The van der Waals surface area contributed by atoms with E-state index in [0.29, 0.717) is 0 Å². The molecule has 4 heteroatoms. The number of hydrogen-bond donors (Lipinski definition) is 2. The number of hydrogen-bond acceptors (Lipinski definition) is 3. The molecule has 1 unspecified atom stereocenters.